The molecule has 3 N–H and O–H groups in total. The molecule has 1 fully saturated rings. The smallest absolute Gasteiger partial charge is 0.321 e. The van der Waals surface area contributed by atoms with Gasteiger partial charge >= 0.3 is 6.03 Å². The van der Waals surface area contributed by atoms with Crippen molar-refractivity contribution >= 4 is 17.7 Å². The molecule has 2 aromatic rings. The highest BCUT2D eigenvalue weighted by molar-refractivity contribution is 5.89. The van der Waals surface area contributed by atoms with E-state index in [1.54, 1.807) is 7.05 Å². The molecule has 1 aliphatic heterocycles. The minimum atomic E-state index is -0.0244. The number of guanidine groups is 1. The van der Waals surface area contributed by atoms with E-state index in [9.17, 15) is 4.79 Å². The van der Waals surface area contributed by atoms with Crippen molar-refractivity contribution < 1.29 is 9.53 Å². The fourth-order valence-electron chi connectivity index (χ4n) is 3.26. The normalized spacial score (nSPS) is 13.8. The molecule has 1 aliphatic rings. The quantitative estimate of drug-likeness (QED) is 0.372. The molecule has 0 atom stereocenters. The Morgan fingerprint density at radius 2 is 1.87 bits per heavy atom. The number of nitrogens with one attached hydrogen (secondary N) is 3. The average Bonchev–Trinajstić information content (AvgIpc) is 3.30. The number of aliphatic imine (C=N–C) groups is 1. The summed E-state index contributed by atoms with van der Waals surface area (Å²) >= 11 is 0. The number of urea groups is 1. The summed E-state index contributed by atoms with van der Waals surface area (Å²) in [5.74, 6) is 1.56. The van der Waals surface area contributed by atoms with Crippen molar-refractivity contribution in [3.8, 4) is 5.75 Å². The molecule has 1 heterocycles. The number of amides is 2. The van der Waals surface area contributed by atoms with Crippen molar-refractivity contribution in [1.82, 2.24) is 15.5 Å². The molecule has 2 aromatic carbocycles. The molecule has 7 heteroatoms. The van der Waals surface area contributed by atoms with Gasteiger partial charge in [0.1, 0.15) is 12.4 Å². The highest BCUT2D eigenvalue weighted by Gasteiger charge is 2.17. The molecule has 0 bridgehead atoms. The molecular formula is C23H31N5O2. The lowest BCUT2D eigenvalue weighted by molar-refractivity contribution is 0.222. The van der Waals surface area contributed by atoms with E-state index in [1.807, 2.05) is 53.4 Å². The van der Waals surface area contributed by atoms with Crippen LogP contribution in [0.4, 0.5) is 10.5 Å². The molecule has 1 saturated heterocycles. The third-order valence-corrected chi connectivity index (χ3v) is 4.94. The first-order chi connectivity index (χ1) is 14.6. The number of carbonyl (C=O) groups is 1. The maximum Gasteiger partial charge on any atom is 0.321 e. The highest BCUT2D eigenvalue weighted by atomic mass is 16.5. The molecule has 7 nitrogen and oxygen atoms in total. The Bertz CT molecular complexity index is 845. The first-order valence-corrected chi connectivity index (χ1v) is 10.4. The summed E-state index contributed by atoms with van der Waals surface area (Å²) in [6, 6.07) is 15.8. The van der Waals surface area contributed by atoms with Crippen molar-refractivity contribution in [2.75, 3.05) is 38.6 Å². The molecule has 2 amide bonds. The fraction of sp³-hybridized carbons (Fsp3) is 0.391. The van der Waals surface area contributed by atoms with Crippen LogP contribution in [-0.2, 0) is 6.54 Å². The summed E-state index contributed by atoms with van der Waals surface area (Å²) in [5.41, 5.74) is 3.08. The van der Waals surface area contributed by atoms with Crippen LogP contribution in [0.25, 0.3) is 0 Å². The number of nitrogens with zero attached hydrogens (tertiary/aromatic N) is 2. The summed E-state index contributed by atoms with van der Waals surface area (Å²) in [4.78, 5) is 18.4. The Morgan fingerprint density at radius 1 is 1.10 bits per heavy atom. The first kappa shape index (κ1) is 21.5. The Kier molecular flexibility index (Phi) is 7.94. The minimum absolute atomic E-state index is 0.0244. The Balaban J connectivity index is 1.40. The third kappa shape index (κ3) is 6.69. The van der Waals surface area contributed by atoms with E-state index < -0.39 is 0 Å². The molecule has 0 aromatic heterocycles. The van der Waals surface area contributed by atoms with Crippen LogP contribution in [0.1, 0.15) is 24.0 Å². The summed E-state index contributed by atoms with van der Waals surface area (Å²) in [6.45, 7) is 5.51. The lowest BCUT2D eigenvalue weighted by Crippen LogP contribution is -2.38. The molecule has 0 aliphatic carbocycles. The lowest BCUT2D eigenvalue weighted by atomic mass is 10.2. The molecule has 0 unspecified atom stereocenters. The molecule has 3 rings (SSSR count). The number of likely N-dealkylation sites (tertiary alicyclic amines) is 1. The van der Waals surface area contributed by atoms with E-state index >= 15 is 0 Å². The second-order valence-electron chi connectivity index (χ2n) is 7.34. The molecular weight excluding hydrogens is 378 g/mol. The van der Waals surface area contributed by atoms with Gasteiger partial charge in [0.2, 0.25) is 0 Å². The standard InChI is InChI=1S/C23H31N5O2/c1-18-8-10-21(11-9-18)30-15-12-25-22(24-2)26-17-19-6-5-7-20(16-19)27-23(29)28-13-3-4-14-28/h5-11,16H,3-4,12-15,17H2,1-2H3,(H,27,29)(H2,24,25,26). The predicted octanol–water partition coefficient (Wildman–Crippen LogP) is 3.37. The highest BCUT2D eigenvalue weighted by Crippen LogP contribution is 2.14. The van der Waals surface area contributed by atoms with E-state index in [1.165, 1.54) is 5.56 Å². The number of ether oxygens (including phenoxy) is 1. The number of anilines is 1. The van der Waals surface area contributed by atoms with Gasteiger partial charge in [0.15, 0.2) is 5.96 Å². The van der Waals surface area contributed by atoms with Crippen molar-refractivity contribution in [3.63, 3.8) is 0 Å². The first-order valence-electron chi connectivity index (χ1n) is 10.4. The van der Waals surface area contributed by atoms with Gasteiger partial charge in [0.05, 0.1) is 6.54 Å². The number of hydrogen-bond donors (Lipinski definition) is 3. The minimum Gasteiger partial charge on any atom is -0.492 e. The van der Waals surface area contributed by atoms with Gasteiger partial charge in [-0.3, -0.25) is 4.99 Å². The number of carbonyl (C=O) groups excluding carboxylic acids is 1. The van der Waals surface area contributed by atoms with E-state index in [0.29, 0.717) is 25.7 Å². The zero-order chi connectivity index (χ0) is 21.2. The van der Waals surface area contributed by atoms with E-state index in [2.05, 4.69) is 27.9 Å². The van der Waals surface area contributed by atoms with E-state index in [-0.39, 0.29) is 6.03 Å². The third-order valence-electron chi connectivity index (χ3n) is 4.94. The molecule has 0 saturated carbocycles. The van der Waals surface area contributed by atoms with Gasteiger partial charge in [-0.2, -0.15) is 0 Å². The van der Waals surface area contributed by atoms with Crippen molar-refractivity contribution in [2.45, 2.75) is 26.3 Å². The van der Waals surface area contributed by atoms with E-state index in [4.69, 9.17) is 4.74 Å². The summed E-state index contributed by atoms with van der Waals surface area (Å²) in [7, 11) is 1.74. The van der Waals surface area contributed by atoms with Gasteiger partial charge in [-0.15, -0.1) is 0 Å². The maximum absolute atomic E-state index is 12.3. The van der Waals surface area contributed by atoms with Crippen LogP contribution in [0.2, 0.25) is 0 Å². The topological polar surface area (TPSA) is 78.0 Å². The van der Waals surface area contributed by atoms with Crippen LogP contribution in [0.5, 0.6) is 5.75 Å². The molecule has 0 spiro atoms. The summed E-state index contributed by atoms with van der Waals surface area (Å²) in [5, 5.41) is 9.51. The second-order valence-corrected chi connectivity index (χ2v) is 7.34. The zero-order valence-corrected chi connectivity index (χ0v) is 17.8. The molecule has 160 valence electrons. The number of hydrogen-bond acceptors (Lipinski definition) is 3. The van der Waals surface area contributed by atoms with Gasteiger partial charge in [-0.25, -0.2) is 4.79 Å². The predicted molar refractivity (Wildman–Crippen MR) is 121 cm³/mol. The Hall–Kier alpha value is -3.22. The largest absolute Gasteiger partial charge is 0.492 e. The van der Waals surface area contributed by atoms with Crippen LogP contribution < -0.4 is 20.7 Å². The van der Waals surface area contributed by atoms with Gasteiger partial charge in [0.25, 0.3) is 0 Å². The average molecular weight is 410 g/mol. The van der Waals surface area contributed by atoms with E-state index in [0.717, 1.165) is 42.9 Å². The summed E-state index contributed by atoms with van der Waals surface area (Å²) < 4.78 is 5.72. The lowest BCUT2D eigenvalue weighted by Gasteiger charge is -2.17. The van der Waals surface area contributed by atoms with Crippen LogP contribution in [0.15, 0.2) is 53.5 Å². The van der Waals surface area contributed by atoms with Crippen LogP contribution in [0.3, 0.4) is 0 Å². The zero-order valence-electron chi connectivity index (χ0n) is 17.8. The number of rotatable bonds is 7. The van der Waals surface area contributed by atoms with Crippen molar-refractivity contribution in [3.05, 3.63) is 59.7 Å². The Morgan fingerprint density at radius 3 is 2.60 bits per heavy atom. The SMILES string of the molecule is CN=C(NCCOc1ccc(C)cc1)NCc1cccc(NC(=O)N2CCCC2)c1. The molecule has 30 heavy (non-hydrogen) atoms. The van der Waals surface area contributed by atoms with Gasteiger partial charge in [-0.1, -0.05) is 29.8 Å². The van der Waals surface area contributed by atoms with Crippen LogP contribution in [0, 0.1) is 6.92 Å². The van der Waals surface area contributed by atoms with Crippen molar-refractivity contribution in [1.29, 1.82) is 0 Å². The number of aryl methyl sites for hydroxylation is 1. The van der Waals surface area contributed by atoms with Crippen molar-refractivity contribution in [2.24, 2.45) is 4.99 Å². The number of benzene rings is 2. The fourth-order valence-corrected chi connectivity index (χ4v) is 3.26. The Labute approximate surface area is 178 Å². The van der Waals surface area contributed by atoms with Gasteiger partial charge in [-0.05, 0) is 49.6 Å². The van der Waals surface area contributed by atoms with Gasteiger partial charge in [0, 0.05) is 32.4 Å². The maximum atomic E-state index is 12.3. The van der Waals surface area contributed by atoms with Crippen LogP contribution >= 0.6 is 0 Å². The van der Waals surface area contributed by atoms with Gasteiger partial charge < -0.3 is 25.6 Å². The molecule has 0 radical (unpaired) electrons. The second kappa shape index (κ2) is 11.1. The van der Waals surface area contributed by atoms with Crippen LogP contribution in [-0.4, -0.2) is 50.2 Å². The summed E-state index contributed by atoms with van der Waals surface area (Å²) in [6.07, 6.45) is 2.17. The monoisotopic (exact) mass is 409 g/mol.